The Hall–Kier alpha value is -9.39. The summed E-state index contributed by atoms with van der Waals surface area (Å²) in [7, 11) is 0. The van der Waals surface area contributed by atoms with Crippen LogP contribution in [-0.4, -0.2) is 13.4 Å². The Labute approximate surface area is 902 Å². The summed E-state index contributed by atoms with van der Waals surface area (Å²) in [6.07, 6.45) is 26.0. The van der Waals surface area contributed by atoms with Crippen LogP contribution >= 0.6 is 0 Å². The monoisotopic (exact) mass is 1990 g/mol. The lowest BCUT2D eigenvalue weighted by atomic mass is 9.34. The molecule has 150 heavy (non-hydrogen) atoms. The highest BCUT2D eigenvalue weighted by molar-refractivity contribution is 7.00. The maximum atomic E-state index is 8.31. The fourth-order valence-corrected chi connectivity index (χ4v) is 35.7. The first kappa shape index (κ1) is 98.7. The Morgan fingerprint density at radius 1 is 0.260 bits per heavy atom. The largest absolute Gasteiger partial charge is 0.468 e. The summed E-state index contributed by atoms with van der Waals surface area (Å²) >= 11 is 0. The van der Waals surface area contributed by atoms with Crippen LogP contribution in [0.2, 0.25) is 0 Å². The molecule has 2 aromatic heterocycles. The highest BCUT2D eigenvalue weighted by Crippen LogP contribution is 2.69. The van der Waals surface area contributed by atoms with Gasteiger partial charge in [-0.05, 0) is 514 Å². The minimum atomic E-state index is -0.201. The van der Waals surface area contributed by atoms with Gasteiger partial charge in [-0.15, -0.1) is 0 Å². The van der Waals surface area contributed by atoms with Crippen molar-refractivity contribution in [3.05, 3.63) is 244 Å². The molecule has 16 aliphatic rings. The van der Waals surface area contributed by atoms with E-state index in [0.717, 1.165) is 99.5 Å². The molecule has 10 aromatic carbocycles. The van der Waals surface area contributed by atoms with Gasteiger partial charge < -0.3 is 28.4 Å². The molecule has 0 radical (unpaired) electrons. The highest BCUT2D eigenvalue weighted by atomic mass is 16.3. The Kier molecular flexibility index (Phi) is 20.1. The summed E-state index contributed by atoms with van der Waals surface area (Å²) in [6, 6.07) is 57.0. The molecule has 12 aromatic rings. The van der Waals surface area contributed by atoms with Crippen LogP contribution < -0.4 is 52.8 Å². The Bertz CT molecular complexity index is 7950. The second kappa shape index (κ2) is 30.5. The Morgan fingerprint density at radius 3 is 0.933 bits per heavy atom. The van der Waals surface area contributed by atoms with E-state index in [2.05, 4.69) is 389 Å². The number of fused-ring (bicyclic) bond motifs is 20. The van der Waals surface area contributed by atoms with E-state index in [1.54, 1.807) is 16.7 Å². The van der Waals surface area contributed by atoms with Crippen molar-refractivity contribution in [1.29, 1.82) is 0 Å². The number of rotatable bonds is 7. The first-order chi connectivity index (χ1) is 69.9. The fourth-order valence-electron chi connectivity index (χ4n) is 35.7. The molecule has 0 amide bonds. The van der Waals surface area contributed by atoms with Gasteiger partial charge in [0, 0.05) is 67.6 Å². The molecule has 0 N–H and O–H groups in total. The molecule has 4 saturated carbocycles. The topological polar surface area (TPSA) is 39.2 Å². The lowest BCUT2D eigenvalue weighted by Crippen LogP contribution is -2.62. The zero-order valence-corrected chi connectivity index (χ0v) is 98.8. The maximum Gasteiger partial charge on any atom is 0.297 e. The molecule has 0 spiro atoms. The summed E-state index contributed by atoms with van der Waals surface area (Å²) in [6.45, 7) is 88.6. The SMILES string of the molecule is Cc1cc2c3c(c1)N(c1cc4c(cc1C)C(C)(C)CCC4(C)C)c1c(oc4cc5c(cc14)C(C)(C)CCC5(C)C)B3c1cc3c(cc1N2c1cc2c(cc1C)C(C)(C)CCC2(C)C)C(C)(C)CCC3(C)CC1C2CC3CC1CC(c1cc4c5c(c1)N(c1ccc6c(c1)C(C)(C)CCC6(C)C)c1c(oc6cc7c(cc16)C(C)(C)CCC7(C)C)B5c1cc5c(cc1N4c1cc4c(cc1C)C(C)(C)CCC4(C)C)C(C)(C)CCC5(C)C)(C3)C2. The predicted molar refractivity (Wildman–Crippen MR) is 639 cm³/mol. The van der Waals surface area contributed by atoms with E-state index in [9.17, 15) is 0 Å². The van der Waals surface area contributed by atoms with E-state index >= 15 is 0 Å². The van der Waals surface area contributed by atoms with Crippen molar-refractivity contribution in [1.82, 2.24) is 0 Å². The number of nitrogens with zero attached hydrogens (tertiary/aromatic N) is 4. The molecule has 0 saturated heterocycles. The third-order valence-electron chi connectivity index (χ3n) is 46.3. The molecular formula is C142H174B2N4O2. The van der Waals surface area contributed by atoms with Crippen LogP contribution in [0.5, 0.6) is 0 Å². The van der Waals surface area contributed by atoms with Gasteiger partial charge in [-0.2, -0.15) is 0 Å². The van der Waals surface area contributed by atoms with Crippen LogP contribution in [0.4, 0.5) is 68.2 Å². The first-order valence-electron chi connectivity index (χ1n) is 59.6. The average Bonchev–Trinajstić information content (AvgIpc) is 1.11. The quantitative estimate of drug-likeness (QED) is 0.148. The molecule has 6 nitrogen and oxygen atoms in total. The van der Waals surface area contributed by atoms with Crippen molar-refractivity contribution >= 4 is 137 Å². The van der Waals surface area contributed by atoms with Crippen molar-refractivity contribution in [2.24, 2.45) is 23.7 Å². The van der Waals surface area contributed by atoms with Crippen molar-refractivity contribution in [2.75, 3.05) is 19.6 Å². The maximum absolute atomic E-state index is 8.31. The normalized spacial score (nSPS) is 27.0. The molecule has 3 unspecified atom stereocenters. The van der Waals surface area contributed by atoms with Gasteiger partial charge in [0.15, 0.2) is 0 Å². The van der Waals surface area contributed by atoms with E-state index < -0.39 is 0 Å². The highest BCUT2D eigenvalue weighted by Gasteiger charge is 2.62. The van der Waals surface area contributed by atoms with E-state index in [4.69, 9.17) is 8.83 Å². The van der Waals surface area contributed by atoms with Crippen molar-refractivity contribution in [2.45, 2.75) is 476 Å². The van der Waals surface area contributed by atoms with Crippen LogP contribution in [0.15, 0.2) is 136 Å². The van der Waals surface area contributed by atoms with E-state index in [0.29, 0.717) is 23.7 Å². The molecular weight excluding hydrogens is 1820 g/mol. The third kappa shape index (κ3) is 13.7. The number of benzene rings is 10. The summed E-state index contributed by atoms with van der Waals surface area (Å²) in [5, 5.41) is 2.52. The third-order valence-corrected chi connectivity index (χ3v) is 46.3. The molecule has 3 atom stereocenters. The van der Waals surface area contributed by atoms with Crippen LogP contribution in [0.3, 0.4) is 0 Å². The van der Waals surface area contributed by atoms with Gasteiger partial charge in [0.25, 0.3) is 13.4 Å². The number of furan rings is 2. The van der Waals surface area contributed by atoms with E-state index in [1.165, 1.54) is 265 Å². The number of hydrogen-bond acceptors (Lipinski definition) is 6. The first-order valence-corrected chi connectivity index (χ1v) is 59.6. The van der Waals surface area contributed by atoms with Gasteiger partial charge >= 0.3 is 0 Å². The number of aryl methyl sites for hydroxylation is 4. The minimum Gasteiger partial charge on any atom is -0.468 e. The summed E-state index contributed by atoms with van der Waals surface area (Å²) < 4.78 is 16.6. The van der Waals surface area contributed by atoms with Crippen molar-refractivity contribution < 1.29 is 8.83 Å². The van der Waals surface area contributed by atoms with Gasteiger partial charge in [-0.1, -0.05) is 251 Å². The van der Waals surface area contributed by atoms with Crippen LogP contribution in [0, 0.1) is 51.4 Å². The lowest BCUT2D eigenvalue weighted by Gasteiger charge is -2.62. The molecule has 4 bridgehead atoms. The summed E-state index contributed by atoms with van der Waals surface area (Å²) in [5.41, 5.74) is 56.4. The minimum absolute atomic E-state index is 0.0112. The fraction of sp³-hybridized carbons (Fsp3) is 0.549. The predicted octanol–water partition coefficient (Wildman–Crippen LogP) is 35.1. The average molecular weight is 1990 g/mol. The standard InChI is InChI=1S/C142H174B2N4O2/c1-79-54-114-120-115(55-79)148(111-70-101-94(58-82(111)4)129(11,12)42-48-136(101,25)26)123-89-65-97-105(139(31,32)51-44-132(97,17)18)74-119(89)150-125(123)144(120)108-67-106-103(72-113(108)146(114)109-68-99-92(56-80(109)2)127(7,8)40-46-134(99,21)22)140(33,34)52-53-141(106,35)78-90-84-59-83-60-85(90)77-142(75-83,76-84)86-61-116-121-117(62-86)147(110-69-100-93(57-81(110)3)128(9,10)41-47-135(100,23)24)112-71-102-98(133(19,20)45-49-137(102,27)28)66-107(112)143(121)124-122(88-64-96-104(73-118(88)149-124)138(29,30)50-43-131(96,15)16)145(116)87-36-37-91-95(63-87)130(13,14)39-38-126(91,5)6/h36-37,54-58,61-74,83-85,90H,38-53,59-60,75-78H2,1-35H3. The van der Waals surface area contributed by atoms with Gasteiger partial charge in [0.05, 0.1) is 22.7 Å². The van der Waals surface area contributed by atoms with Crippen LogP contribution in [0.1, 0.15) is 473 Å². The molecule has 12 aliphatic carbocycles. The van der Waals surface area contributed by atoms with Gasteiger partial charge in [-0.25, -0.2) is 0 Å². The van der Waals surface area contributed by atoms with Gasteiger partial charge in [0.2, 0.25) is 0 Å². The molecule has 28 rings (SSSR count). The Morgan fingerprint density at radius 2 is 0.547 bits per heavy atom. The van der Waals surface area contributed by atoms with Crippen LogP contribution in [-0.2, 0) is 92.1 Å². The van der Waals surface area contributed by atoms with Gasteiger partial charge in [-0.3, -0.25) is 0 Å². The molecule has 780 valence electrons. The van der Waals surface area contributed by atoms with Gasteiger partial charge in [0.1, 0.15) is 11.2 Å². The molecule has 6 heterocycles. The second-order valence-corrected chi connectivity index (χ2v) is 63.4. The number of hydrogen-bond donors (Lipinski definition) is 0. The Balaban J connectivity index is 0.671. The zero-order chi connectivity index (χ0) is 106. The van der Waals surface area contributed by atoms with Crippen molar-refractivity contribution in [3.8, 4) is 0 Å². The smallest absolute Gasteiger partial charge is 0.297 e. The van der Waals surface area contributed by atoms with E-state index in [-0.39, 0.29) is 105 Å². The number of anilines is 12. The molecule has 4 aliphatic heterocycles. The summed E-state index contributed by atoms with van der Waals surface area (Å²) in [5.74, 6) is 2.35. The van der Waals surface area contributed by atoms with Crippen molar-refractivity contribution in [3.63, 3.8) is 0 Å². The van der Waals surface area contributed by atoms with E-state index in [1.807, 2.05) is 0 Å². The lowest BCUT2D eigenvalue weighted by molar-refractivity contribution is -0.0671. The zero-order valence-electron chi connectivity index (χ0n) is 98.8. The van der Waals surface area contributed by atoms with Crippen LogP contribution in [0.25, 0.3) is 21.9 Å². The molecule has 4 fully saturated rings. The molecule has 8 heteroatoms. The second-order valence-electron chi connectivity index (χ2n) is 63.4. The summed E-state index contributed by atoms with van der Waals surface area (Å²) in [4.78, 5) is 11.5.